The number of aryl methyl sites for hydroxylation is 2. The van der Waals surface area contributed by atoms with Crippen LogP contribution in [0.4, 0.5) is 5.69 Å². The van der Waals surface area contributed by atoms with Crippen LogP contribution in [-0.4, -0.2) is 78.6 Å². The molecule has 2 amide bonds. The maximum atomic E-state index is 13.5. The van der Waals surface area contributed by atoms with Crippen LogP contribution in [0.5, 0.6) is 5.75 Å². The highest BCUT2D eigenvalue weighted by molar-refractivity contribution is 7.89. The molecule has 202 valence electrons. The van der Waals surface area contributed by atoms with Crippen LogP contribution < -0.4 is 10.1 Å². The Morgan fingerprint density at radius 2 is 2.03 bits per heavy atom. The molecular formula is C25H34N4O7S. The van der Waals surface area contributed by atoms with Gasteiger partial charge in [-0.25, -0.2) is 8.42 Å². The Labute approximate surface area is 216 Å². The van der Waals surface area contributed by atoms with Gasteiger partial charge >= 0.3 is 0 Å². The number of sulfonamides is 1. The number of ether oxygens (including phenoxy) is 1. The summed E-state index contributed by atoms with van der Waals surface area (Å²) < 4.78 is 39.2. The Bertz CT molecular complexity index is 1270. The number of nitrogens with zero attached hydrogens (tertiary/aromatic N) is 3. The van der Waals surface area contributed by atoms with E-state index in [9.17, 15) is 23.1 Å². The molecule has 0 radical (unpaired) electrons. The molecule has 0 saturated heterocycles. The number of aromatic nitrogens is 1. The topological polar surface area (TPSA) is 142 Å². The van der Waals surface area contributed by atoms with E-state index >= 15 is 0 Å². The van der Waals surface area contributed by atoms with Crippen LogP contribution in [0.1, 0.15) is 48.5 Å². The number of nitrogens with one attached hydrogen (secondary N) is 1. The van der Waals surface area contributed by atoms with E-state index in [4.69, 9.17) is 9.26 Å². The number of hydrogen-bond acceptors (Lipinski definition) is 8. The van der Waals surface area contributed by atoms with Gasteiger partial charge in [-0.2, -0.15) is 4.31 Å². The molecule has 2 aliphatic rings. The second-order valence-electron chi connectivity index (χ2n) is 10.0. The lowest BCUT2D eigenvalue weighted by molar-refractivity contribution is -0.117. The van der Waals surface area contributed by atoms with Gasteiger partial charge in [-0.3, -0.25) is 9.59 Å². The number of carbonyl (C=O) groups is 2. The Morgan fingerprint density at radius 1 is 1.32 bits per heavy atom. The molecule has 1 aromatic heterocycles. The molecule has 1 aromatic carbocycles. The summed E-state index contributed by atoms with van der Waals surface area (Å²) >= 11 is 0. The number of fused-ring (bicyclic) bond motifs is 1. The van der Waals surface area contributed by atoms with E-state index in [1.807, 2.05) is 6.92 Å². The molecule has 11 nitrogen and oxygen atoms in total. The van der Waals surface area contributed by atoms with Crippen LogP contribution in [0.2, 0.25) is 0 Å². The summed E-state index contributed by atoms with van der Waals surface area (Å²) in [5.74, 6) is -0.207. The third-order valence-electron chi connectivity index (χ3n) is 6.95. The number of rotatable bonds is 8. The van der Waals surface area contributed by atoms with Crippen molar-refractivity contribution >= 4 is 27.5 Å². The Hall–Kier alpha value is -2.96. The van der Waals surface area contributed by atoms with Crippen molar-refractivity contribution in [3.05, 3.63) is 35.2 Å². The normalized spacial score (nSPS) is 21.2. The maximum Gasteiger partial charge on any atom is 0.258 e. The van der Waals surface area contributed by atoms with Gasteiger partial charge in [0, 0.05) is 31.1 Å². The van der Waals surface area contributed by atoms with Crippen LogP contribution in [0.3, 0.4) is 0 Å². The van der Waals surface area contributed by atoms with Gasteiger partial charge in [0.1, 0.15) is 22.4 Å². The van der Waals surface area contributed by atoms with Gasteiger partial charge < -0.3 is 24.6 Å². The van der Waals surface area contributed by atoms with E-state index in [0.717, 1.165) is 12.8 Å². The van der Waals surface area contributed by atoms with Crippen LogP contribution >= 0.6 is 0 Å². The lowest BCUT2D eigenvalue weighted by Crippen LogP contribution is -2.50. The predicted octanol–water partition coefficient (Wildman–Crippen LogP) is 2.18. The number of aliphatic hydroxyl groups is 1. The summed E-state index contributed by atoms with van der Waals surface area (Å²) in [6.45, 7) is 6.74. The average Bonchev–Trinajstić information content (AvgIpc) is 3.65. The Morgan fingerprint density at radius 3 is 2.62 bits per heavy atom. The number of carbonyl (C=O) groups excluding carboxylic acids is 2. The monoisotopic (exact) mass is 534 g/mol. The zero-order valence-electron chi connectivity index (χ0n) is 21.7. The highest BCUT2D eigenvalue weighted by atomic mass is 32.2. The van der Waals surface area contributed by atoms with Crippen molar-refractivity contribution in [3.63, 3.8) is 0 Å². The largest absolute Gasteiger partial charge is 0.488 e. The van der Waals surface area contributed by atoms with Crippen molar-refractivity contribution in [2.24, 2.45) is 11.8 Å². The zero-order chi connectivity index (χ0) is 27.1. The summed E-state index contributed by atoms with van der Waals surface area (Å²) in [4.78, 5) is 27.4. The van der Waals surface area contributed by atoms with E-state index in [2.05, 4.69) is 10.5 Å². The summed E-state index contributed by atoms with van der Waals surface area (Å²) in [5, 5.41) is 16.4. The first-order valence-electron chi connectivity index (χ1n) is 12.4. The molecule has 4 rings (SSSR count). The smallest absolute Gasteiger partial charge is 0.258 e. The van der Waals surface area contributed by atoms with E-state index < -0.39 is 22.2 Å². The first-order chi connectivity index (χ1) is 17.4. The third-order valence-corrected chi connectivity index (χ3v) is 9.02. The van der Waals surface area contributed by atoms with Gasteiger partial charge in [-0.1, -0.05) is 12.1 Å². The summed E-state index contributed by atoms with van der Waals surface area (Å²) in [6.07, 6.45) is 1.09. The molecule has 1 fully saturated rings. The number of likely N-dealkylation sites (N-methyl/N-ethyl adjacent to an activating group) is 1. The molecule has 37 heavy (non-hydrogen) atoms. The van der Waals surface area contributed by atoms with E-state index in [1.165, 1.54) is 11.4 Å². The minimum Gasteiger partial charge on any atom is -0.488 e. The van der Waals surface area contributed by atoms with Gasteiger partial charge in [0.25, 0.3) is 5.91 Å². The van der Waals surface area contributed by atoms with Crippen molar-refractivity contribution < 1.29 is 32.4 Å². The SMILES string of the molecule is Cc1noc(C)c1S(=O)(=O)N(C)C[C@H]1Oc2ccc(NC(=O)C3CC3)cc2C(=O)N([C@H](C)CO)C[C@@H]1C. The minimum absolute atomic E-state index is 0.000267. The number of amides is 2. The van der Waals surface area contributed by atoms with Crippen molar-refractivity contribution in [1.29, 1.82) is 0 Å². The number of aliphatic hydroxyl groups excluding tert-OH is 1. The van der Waals surface area contributed by atoms with E-state index in [0.29, 0.717) is 5.69 Å². The fourth-order valence-corrected chi connectivity index (χ4v) is 5.92. The van der Waals surface area contributed by atoms with Gasteiger partial charge in [0.15, 0.2) is 5.76 Å². The summed E-state index contributed by atoms with van der Waals surface area (Å²) in [5.41, 5.74) is 0.991. The lowest BCUT2D eigenvalue weighted by atomic mass is 9.99. The fraction of sp³-hybridized carbons (Fsp3) is 0.560. The van der Waals surface area contributed by atoms with Gasteiger partial charge in [0.05, 0.1) is 24.8 Å². The molecule has 0 spiro atoms. The number of hydrogen-bond donors (Lipinski definition) is 2. The molecule has 2 heterocycles. The first-order valence-corrected chi connectivity index (χ1v) is 13.8. The molecule has 0 bridgehead atoms. The summed E-state index contributed by atoms with van der Waals surface area (Å²) in [7, 11) is -2.45. The maximum absolute atomic E-state index is 13.5. The highest BCUT2D eigenvalue weighted by Crippen LogP contribution is 2.33. The second kappa shape index (κ2) is 10.4. The Kier molecular flexibility index (Phi) is 7.63. The molecule has 12 heteroatoms. The van der Waals surface area contributed by atoms with E-state index in [-0.39, 0.29) is 71.0 Å². The molecule has 1 aliphatic carbocycles. The number of anilines is 1. The van der Waals surface area contributed by atoms with E-state index in [1.54, 1.807) is 43.9 Å². The fourth-order valence-electron chi connectivity index (χ4n) is 4.46. The Balaban J connectivity index is 1.66. The molecule has 1 saturated carbocycles. The minimum atomic E-state index is -3.92. The number of benzene rings is 1. The third kappa shape index (κ3) is 5.51. The van der Waals surface area contributed by atoms with Gasteiger partial charge in [-0.15, -0.1) is 0 Å². The van der Waals surface area contributed by atoms with Crippen LogP contribution in [0, 0.1) is 25.7 Å². The highest BCUT2D eigenvalue weighted by Gasteiger charge is 2.37. The van der Waals surface area contributed by atoms with Crippen molar-refractivity contribution in [2.45, 2.75) is 57.6 Å². The van der Waals surface area contributed by atoms with Crippen LogP contribution in [0.15, 0.2) is 27.6 Å². The zero-order valence-corrected chi connectivity index (χ0v) is 22.5. The molecule has 2 N–H and O–H groups in total. The molecule has 2 aromatic rings. The van der Waals surface area contributed by atoms with Crippen LogP contribution in [-0.2, 0) is 14.8 Å². The molecule has 1 aliphatic heterocycles. The molecule has 0 unspecified atom stereocenters. The van der Waals surface area contributed by atoms with Gasteiger partial charge in [-0.05, 0) is 51.8 Å². The lowest BCUT2D eigenvalue weighted by Gasteiger charge is -2.38. The average molecular weight is 535 g/mol. The molecule has 3 atom stereocenters. The molecular weight excluding hydrogens is 500 g/mol. The predicted molar refractivity (Wildman–Crippen MR) is 135 cm³/mol. The van der Waals surface area contributed by atoms with Crippen molar-refractivity contribution in [1.82, 2.24) is 14.4 Å². The van der Waals surface area contributed by atoms with Crippen molar-refractivity contribution in [3.8, 4) is 5.75 Å². The summed E-state index contributed by atoms with van der Waals surface area (Å²) in [6, 6.07) is 4.38. The van der Waals surface area contributed by atoms with Crippen LogP contribution in [0.25, 0.3) is 0 Å². The van der Waals surface area contributed by atoms with Gasteiger partial charge in [0.2, 0.25) is 15.9 Å². The quantitative estimate of drug-likeness (QED) is 0.525. The second-order valence-corrected chi connectivity index (χ2v) is 12.0. The van der Waals surface area contributed by atoms with Crippen molar-refractivity contribution in [2.75, 3.05) is 32.1 Å². The first kappa shape index (κ1) is 27.1. The standard InChI is InChI=1S/C25H34N4O7S/c1-14-11-29(15(2)13-30)25(32)20-10-19(26-24(31)18-6-7-18)8-9-21(20)35-22(14)12-28(5)37(33,34)23-16(3)27-36-17(23)4/h8-10,14-15,18,22,30H,6-7,11-13H2,1-5H3,(H,26,31)/t14-,15+,22+/m0/s1.